The molecule has 0 aliphatic carbocycles. The molecule has 1 N–H and O–H groups in total. The summed E-state index contributed by atoms with van der Waals surface area (Å²) in [4.78, 5) is 26.8. The molecule has 1 aromatic heterocycles. The Labute approximate surface area is 140 Å². The van der Waals surface area contributed by atoms with E-state index in [1.165, 1.54) is 17.8 Å². The monoisotopic (exact) mass is 327 g/mol. The van der Waals surface area contributed by atoms with Gasteiger partial charge < -0.3 is 9.64 Å². The van der Waals surface area contributed by atoms with Crippen LogP contribution in [0.4, 0.5) is 0 Å². The zero-order valence-electron chi connectivity index (χ0n) is 13.9. The Hall–Kier alpha value is -2.63. The first-order valence-corrected chi connectivity index (χ1v) is 8.12. The van der Waals surface area contributed by atoms with Gasteiger partial charge in [0.05, 0.1) is 0 Å². The van der Waals surface area contributed by atoms with Gasteiger partial charge in [-0.2, -0.15) is 5.10 Å². The molecule has 0 spiro atoms. The number of hydrogen-bond donors (Lipinski definition) is 1. The SMILES string of the molecule is CC(C)[C@H](OC(=O)c1ccn[nH]1)C(=O)N1CCc2ccccc2C1. The third-order valence-corrected chi connectivity index (χ3v) is 4.25. The van der Waals surface area contributed by atoms with Gasteiger partial charge in [-0.05, 0) is 29.5 Å². The van der Waals surface area contributed by atoms with Crippen LogP contribution in [0.1, 0.15) is 35.5 Å². The average molecular weight is 327 g/mol. The van der Waals surface area contributed by atoms with Gasteiger partial charge in [-0.15, -0.1) is 0 Å². The van der Waals surface area contributed by atoms with Crippen LogP contribution in [0.5, 0.6) is 0 Å². The van der Waals surface area contributed by atoms with Crippen molar-refractivity contribution in [3.8, 4) is 0 Å². The van der Waals surface area contributed by atoms with Crippen LogP contribution in [0.2, 0.25) is 0 Å². The molecule has 0 unspecified atom stereocenters. The van der Waals surface area contributed by atoms with Gasteiger partial charge in [0.2, 0.25) is 0 Å². The van der Waals surface area contributed by atoms with Crippen molar-refractivity contribution in [1.29, 1.82) is 0 Å². The summed E-state index contributed by atoms with van der Waals surface area (Å²) in [5.74, 6) is -0.814. The van der Waals surface area contributed by atoms with Crippen molar-refractivity contribution in [2.24, 2.45) is 5.92 Å². The quantitative estimate of drug-likeness (QED) is 0.873. The minimum Gasteiger partial charge on any atom is -0.447 e. The predicted octanol–water partition coefficient (Wildman–Crippen LogP) is 2.18. The van der Waals surface area contributed by atoms with E-state index < -0.39 is 12.1 Å². The van der Waals surface area contributed by atoms with Crippen LogP contribution in [-0.2, 0) is 22.5 Å². The molecule has 126 valence electrons. The highest BCUT2D eigenvalue weighted by atomic mass is 16.5. The summed E-state index contributed by atoms with van der Waals surface area (Å²) < 4.78 is 5.46. The van der Waals surface area contributed by atoms with Gasteiger partial charge in [-0.1, -0.05) is 38.1 Å². The number of aromatic amines is 1. The number of H-pyrrole nitrogens is 1. The number of ether oxygens (including phenoxy) is 1. The molecule has 0 saturated carbocycles. The third kappa shape index (κ3) is 3.32. The molecule has 0 saturated heterocycles. The maximum Gasteiger partial charge on any atom is 0.357 e. The van der Waals surface area contributed by atoms with Crippen LogP contribution in [0.25, 0.3) is 0 Å². The molecule has 24 heavy (non-hydrogen) atoms. The van der Waals surface area contributed by atoms with Crippen LogP contribution in [0.3, 0.4) is 0 Å². The first kappa shape index (κ1) is 16.2. The van der Waals surface area contributed by atoms with Crippen molar-refractivity contribution in [1.82, 2.24) is 15.1 Å². The Morgan fingerprint density at radius 2 is 1.96 bits per heavy atom. The van der Waals surface area contributed by atoms with Crippen LogP contribution >= 0.6 is 0 Å². The highest BCUT2D eigenvalue weighted by molar-refractivity contribution is 5.90. The topological polar surface area (TPSA) is 75.3 Å². The minimum atomic E-state index is -0.800. The number of benzene rings is 1. The maximum absolute atomic E-state index is 12.9. The molecule has 1 atom stereocenters. The summed E-state index contributed by atoms with van der Waals surface area (Å²) >= 11 is 0. The number of rotatable bonds is 4. The lowest BCUT2D eigenvalue weighted by molar-refractivity contribution is -0.144. The van der Waals surface area contributed by atoms with Gasteiger partial charge in [0.15, 0.2) is 6.10 Å². The number of carbonyl (C=O) groups excluding carboxylic acids is 2. The number of fused-ring (bicyclic) bond motifs is 1. The van der Waals surface area contributed by atoms with Gasteiger partial charge in [0, 0.05) is 19.3 Å². The molecule has 1 amide bonds. The van der Waals surface area contributed by atoms with Crippen molar-refractivity contribution in [3.05, 3.63) is 53.3 Å². The summed E-state index contributed by atoms with van der Waals surface area (Å²) in [6.45, 7) is 4.95. The normalized spacial score (nSPS) is 15.0. The average Bonchev–Trinajstić information content (AvgIpc) is 3.13. The number of hydrogen-bond acceptors (Lipinski definition) is 4. The van der Waals surface area contributed by atoms with Gasteiger partial charge in [0.1, 0.15) is 5.69 Å². The van der Waals surface area contributed by atoms with E-state index in [0.29, 0.717) is 13.1 Å². The molecule has 1 aromatic carbocycles. The van der Waals surface area contributed by atoms with Gasteiger partial charge in [0.25, 0.3) is 5.91 Å². The summed E-state index contributed by atoms with van der Waals surface area (Å²) in [7, 11) is 0. The molecule has 0 fully saturated rings. The van der Waals surface area contributed by atoms with Crippen molar-refractivity contribution in [3.63, 3.8) is 0 Å². The molecule has 6 heteroatoms. The Balaban J connectivity index is 1.72. The van der Waals surface area contributed by atoms with Crippen LogP contribution < -0.4 is 0 Å². The first-order chi connectivity index (χ1) is 11.6. The van der Waals surface area contributed by atoms with E-state index in [9.17, 15) is 9.59 Å². The number of nitrogens with one attached hydrogen (secondary N) is 1. The lowest BCUT2D eigenvalue weighted by atomic mass is 9.98. The van der Waals surface area contributed by atoms with Gasteiger partial charge >= 0.3 is 5.97 Å². The lowest BCUT2D eigenvalue weighted by Crippen LogP contribution is -2.46. The summed E-state index contributed by atoms with van der Waals surface area (Å²) in [5, 5.41) is 6.30. The Morgan fingerprint density at radius 1 is 1.21 bits per heavy atom. The number of esters is 1. The number of amides is 1. The summed E-state index contributed by atoms with van der Waals surface area (Å²) in [6.07, 6.45) is 1.50. The van der Waals surface area contributed by atoms with E-state index in [1.807, 2.05) is 32.0 Å². The lowest BCUT2D eigenvalue weighted by Gasteiger charge is -2.32. The second-order valence-electron chi connectivity index (χ2n) is 6.32. The van der Waals surface area contributed by atoms with E-state index in [0.717, 1.165) is 12.0 Å². The molecule has 1 aliphatic heterocycles. The smallest absolute Gasteiger partial charge is 0.357 e. The minimum absolute atomic E-state index is 0.110. The summed E-state index contributed by atoms with van der Waals surface area (Å²) in [5.41, 5.74) is 2.68. The van der Waals surface area contributed by atoms with E-state index in [2.05, 4.69) is 16.3 Å². The summed E-state index contributed by atoms with van der Waals surface area (Å²) in [6, 6.07) is 9.65. The standard InChI is InChI=1S/C18H21N3O3/c1-12(2)16(24-18(23)15-7-9-19-20-15)17(22)21-10-8-13-5-3-4-6-14(13)11-21/h3-7,9,12,16H,8,10-11H2,1-2H3,(H,19,20)/t16-/m0/s1. The molecule has 2 aromatic rings. The maximum atomic E-state index is 12.9. The molecule has 0 bridgehead atoms. The largest absolute Gasteiger partial charge is 0.447 e. The molecule has 6 nitrogen and oxygen atoms in total. The third-order valence-electron chi connectivity index (χ3n) is 4.25. The fourth-order valence-corrected chi connectivity index (χ4v) is 2.88. The predicted molar refractivity (Wildman–Crippen MR) is 88.2 cm³/mol. The highest BCUT2D eigenvalue weighted by Crippen LogP contribution is 2.21. The second kappa shape index (κ2) is 6.86. The first-order valence-electron chi connectivity index (χ1n) is 8.12. The van der Waals surface area contributed by atoms with Crippen molar-refractivity contribution in [2.75, 3.05) is 6.54 Å². The fraction of sp³-hybridized carbons (Fsp3) is 0.389. The van der Waals surface area contributed by atoms with Crippen molar-refractivity contribution >= 4 is 11.9 Å². The van der Waals surface area contributed by atoms with E-state index in [-0.39, 0.29) is 17.5 Å². The number of carbonyl (C=O) groups is 2. The zero-order chi connectivity index (χ0) is 17.1. The highest BCUT2D eigenvalue weighted by Gasteiger charge is 2.32. The second-order valence-corrected chi connectivity index (χ2v) is 6.32. The van der Waals surface area contributed by atoms with Crippen LogP contribution in [0, 0.1) is 5.92 Å². The van der Waals surface area contributed by atoms with E-state index in [4.69, 9.17) is 4.74 Å². The Morgan fingerprint density at radius 3 is 2.62 bits per heavy atom. The van der Waals surface area contributed by atoms with Crippen molar-refractivity contribution in [2.45, 2.75) is 32.9 Å². The van der Waals surface area contributed by atoms with Crippen LogP contribution in [-0.4, -0.2) is 39.6 Å². The zero-order valence-corrected chi connectivity index (χ0v) is 13.9. The van der Waals surface area contributed by atoms with Gasteiger partial charge in [-0.25, -0.2) is 4.79 Å². The van der Waals surface area contributed by atoms with Gasteiger partial charge in [-0.3, -0.25) is 9.89 Å². The molecule has 0 radical (unpaired) electrons. The fourth-order valence-electron chi connectivity index (χ4n) is 2.88. The number of nitrogens with zero attached hydrogens (tertiary/aromatic N) is 2. The molecule has 2 heterocycles. The molecule has 1 aliphatic rings. The van der Waals surface area contributed by atoms with Crippen LogP contribution in [0.15, 0.2) is 36.5 Å². The van der Waals surface area contributed by atoms with Crippen molar-refractivity contribution < 1.29 is 14.3 Å². The molecular weight excluding hydrogens is 306 g/mol. The van der Waals surface area contributed by atoms with E-state index >= 15 is 0 Å². The van der Waals surface area contributed by atoms with E-state index in [1.54, 1.807) is 4.90 Å². The Kier molecular flexibility index (Phi) is 4.64. The molecular formula is C18H21N3O3. The molecule has 3 rings (SSSR count). The Bertz CT molecular complexity index is 725. The number of aromatic nitrogens is 2.